The lowest BCUT2D eigenvalue weighted by molar-refractivity contribution is -0.141. The Morgan fingerprint density at radius 1 is 1.47 bits per heavy atom. The number of methoxy groups -OCH3 is 1. The van der Waals surface area contributed by atoms with Crippen molar-refractivity contribution in [3.05, 3.63) is 0 Å². The number of carbonyl (C=O) groups excluding carboxylic acids is 1. The molecule has 0 aromatic carbocycles. The molecule has 0 saturated carbocycles. The third kappa shape index (κ3) is 6.36. The van der Waals surface area contributed by atoms with E-state index < -0.39 is 0 Å². The Labute approximate surface area is 116 Å². The highest BCUT2D eigenvalue weighted by atomic mass is 16.5. The van der Waals surface area contributed by atoms with Crippen molar-refractivity contribution in [2.24, 2.45) is 5.92 Å². The van der Waals surface area contributed by atoms with Crippen molar-refractivity contribution in [3.63, 3.8) is 0 Å². The van der Waals surface area contributed by atoms with Gasteiger partial charge in [0.15, 0.2) is 0 Å². The van der Waals surface area contributed by atoms with E-state index in [4.69, 9.17) is 9.84 Å². The molecule has 0 radical (unpaired) electrons. The molecule has 2 unspecified atom stereocenters. The number of piperidine rings is 1. The van der Waals surface area contributed by atoms with Gasteiger partial charge in [-0.25, -0.2) is 0 Å². The zero-order valence-electron chi connectivity index (χ0n) is 12.2. The zero-order valence-corrected chi connectivity index (χ0v) is 12.2. The summed E-state index contributed by atoms with van der Waals surface area (Å²) >= 11 is 0. The van der Waals surface area contributed by atoms with Gasteiger partial charge in [-0.3, -0.25) is 4.79 Å². The van der Waals surface area contributed by atoms with Crippen LogP contribution in [0.3, 0.4) is 0 Å². The average molecular weight is 272 g/mol. The Morgan fingerprint density at radius 3 is 2.89 bits per heavy atom. The van der Waals surface area contributed by atoms with E-state index in [1.807, 2.05) is 0 Å². The van der Waals surface area contributed by atoms with Gasteiger partial charge in [-0.2, -0.15) is 0 Å². The Kier molecular flexibility index (Phi) is 8.02. The lowest BCUT2D eigenvalue weighted by Gasteiger charge is -2.38. The van der Waals surface area contributed by atoms with E-state index in [1.165, 1.54) is 26.4 Å². The molecule has 1 aliphatic heterocycles. The summed E-state index contributed by atoms with van der Waals surface area (Å²) in [5.41, 5.74) is 0. The monoisotopic (exact) mass is 272 g/mol. The van der Waals surface area contributed by atoms with Crippen LogP contribution in [-0.4, -0.2) is 61.9 Å². The maximum atomic E-state index is 11.2. The molecule has 1 saturated heterocycles. The minimum Gasteiger partial charge on any atom is -0.469 e. The Balaban J connectivity index is 2.42. The van der Waals surface area contributed by atoms with Crippen LogP contribution in [0.1, 0.15) is 32.6 Å². The molecule has 0 aromatic heterocycles. The molecule has 0 amide bonds. The number of aliphatic hydroxyl groups is 1. The van der Waals surface area contributed by atoms with Gasteiger partial charge in [-0.05, 0) is 18.8 Å². The molecule has 1 heterocycles. The number of rotatable bonds is 8. The highest BCUT2D eigenvalue weighted by Gasteiger charge is 2.26. The Hall–Kier alpha value is -0.650. The third-order valence-electron chi connectivity index (χ3n) is 3.71. The normalized spacial score (nSPS) is 24.4. The van der Waals surface area contributed by atoms with Crippen LogP contribution in [0.2, 0.25) is 0 Å². The number of esters is 1. The molecule has 0 bridgehead atoms. The molecular formula is C14H28N2O3. The minimum absolute atomic E-state index is 0.141. The van der Waals surface area contributed by atoms with E-state index in [-0.39, 0.29) is 12.6 Å². The van der Waals surface area contributed by atoms with Crippen molar-refractivity contribution >= 4 is 5.97 Å². The standard InChI is InChI=1S/C14H28N2O3/c1-3-4-12-9-13(15-6-8-17)11-16(10-12)7-5-14(18)19-2/h12-13,15,17H,3-11H2,1-2H3. The van der Waals surface area contributed by atoms with Crippen LogP contribution in [0.15, 0.2) is 0 Å². The summed E-state index contributed by atoms with van der Waals surface area (Å²) in [5.74, 6) is 0.546. The van der Waals surface area contributed by atoms with Crippen LogP contribution in [-0.2, 0) is 9.53 Å². The van der Waals surface area contributed by atoms with Crippen molar-refractivity contribution in [1.29, 1.82) is 0 Å². The first-order chi connectivity index (χ1) is 9.19. The van der Waals surface area contributed by atoms with Crippen LogP contribution >= 0.6 is 0 Å². The lowest BCUT2D eigenvalue weighted by atomic mass is 9.90. The molecule has 2 N–H and O–H groups in total. The maximum Gasteiger partial charge on any atom is 0.306 e. The first kappa shape index (κ1) is 16.4. The summed E-state index contributed by atoms with van der Waals surface area (Å²) in [6, 6.07) is 0.426. The predicted octanol–water partition coefficient (Wildman–Crippen LogP) is 0.622. The Bertz CT molecular complexity index is 261. The highest BCUT2D eigenvalue weighted by Crippen LogP contribution is 2.21. The molecule has 1 fully saturated rings. The van der Waals surface area contributed by atoms with Gasteiger partial charge in [-0.15, -0.1) is 0 Å². The van der Waals surface area contributed by atoms with E-state index in [9.17, 15) is 4.79 Å². The number of aliphatic hydroxyl groups excluding tert-OH is 1. The smallest absolute Gasteiger partial charge is 0.306 e. The van der Waals surface area contributed by atoms with Crippen molar-refractivity contribution < 1.29 is 14.6 Å². The molecule has 0 aliphatic carbocycles. The van der Waals surface area contributed by atoms with Gasteiger partial charge in [0, 0.05) is 32.2 Å². The fraction of sp³-hybridized carbons (Fsp3) is 0.929. The number of hydrogen-bond acceptors (Lipinski definition) is 5. The van der Waals surface area contributed by atoms with Crippen LogP contribution < -0.4 is 5.32 Å². The molecule has 5 nitrogen and oxygen atoms in total. The number of nitrogens with zero attached hydrogens (tertiary/aromatic N) is 1. The summed E-state index contributed by atoms with van der Waals surface area (Å²) in [6.07, 6.45) is 4.05. The van der Waals surface area contributed by atoms with E-state index in [1.54, 1.807) is 0 Å². The van der Waals surface area contributed by atoms with Crippen LogP contribution in [0.4, 0.5) is 0 Å². The van der Waals surface area contributed by atoms with Crippen LogP contribution in [0.25, 0.3) is 0 Å². The average Bonchev–Trinajstić information content (AvgIpc) is 2.42. The molecule has 1 rings (SSSR count). The van der Waals surface area contributed by atoms with Gasteiger partial charge in [0.2, 0.25) is 0 Å². The summed E-state index contributed by atoms with van der Waals surface area (Å²) in [6.45, 7) is 5.83. The molecule has 19 heavy (non-hydrogen) atoms. The van der Waals surface area contributed by atoms with Crippen molar-refractivity contribution in [2.75, 3.05) is 39.9 Å². The quantitative estimate of drug-likeness (QED) is 0.634. The fourth-order valence-electron chi connectivity index (χ4n) is 2.87. The summed E-state index contributed by atoms with van der Waals surface area (Å²) in [4.78, 5) is 13.6. The van der Waals surface area contributed by atoms with Gasteiger partial charge in [-0.1, -0.05) is 13.3 Å². The fourth-order valence-corrected chi connectivity index (χ4v) is 2.87. The van der Waals surface area contributed by atoms with E-state index in [0.717, 1.165) is 19.6 Å². The third-order valence-corrected chi connectivity index (χ3v) is 3.71. The van der Waals surface area contributed by atoms with Gasteiger partial charge in [0.1, 0.15) is 0 Å². The predicted molar refractivity (Wildman–Crippen MR) is 75.0 cm³/mol. The van der Waals surface area contributed by atoms with Crippen molar-refractivity contribution in [3.8, 4) is 0 Å². The van der Waals surface area contributed by atoms with E-state index >= 15 is 0 Å². The number of carbonyl (C=O) groups is 1. The van der Waals surface area contributed by atoms with Crippen LogP contribution in [0, 0.1) is 5.92 Å². The maximum absolute atomic E-state index is 11.2. The number of hydrogen-bond donors (Lipinski definition) is 2. The van der Waals surface area contributed by atoms with Gasteiger partial charge in [0.25, 0.3) is 0 Å². The first-order valence-electron chi connectivity index (χ1n) is 7.33. The largest absolute Gasteiger partial charge is 0.469 e. The number of likely N-dealkylation sites (tertiary alicyclic amines) is 1. The van der Waals surface area contributed by atoms with Crippen molar-refractivity contribution in [2.45, 2.75) is 38.6 Å². The van der Waals surface area contributed by atoms with Crippen molar-refractivity contribution in [1.82, 2.24) is 10.2 Å². The topological polar surface area (TPSA) is 61.8 Å². The SMILES string of the molecule is CCCC1CC(NCCO)CN(CCC(=O)OC)C1. The van der Waals surface area contributed by atoms with E-state index in [2.05, 4.69) is 17.1 Å². The minimum atomic E-state index is -0.141. The molecule has 0 spiro atoms. The van der Waals surface area contributed by atoms with Gasteiger partial charge < -0.3 is 20.1 Å². The molecule has 1 aliphatic rings. The van der Waals surface area contributed by atoms with Gasteiger partial charge in [0.05, 0.1) is 20.1 Å². The second-order valence-electron chi connectivity index (χ2n) is 5.35. The summed E-state index contributed by atoms with van der Waals surface area (Å²) in [7, 11) is 1.43. The first-order valence-corrected chi connectivity index (χ1v) is 7.33. The lowest BCUT2D eigenvalue weighted by Crippen LogP contribution is -2.50. The molecule has 2 atom stereocenters. The number of nitrogens with one attached hydrogen (secondary N) is 1. The molecular weight excluding hydrogens is 244 g/mol. The molecule has 5 heteroatoms. The second-order valence-corrected chi connectivity index (χ2v) is 5.35. The summed E-state index contributed by atoms with van der Waals surface area (Å²) < 4.78 is 4.69. The molecule has 0 aromatic rings. The Morgan fingerprint density at radius 2 is 2.26 bits per heavy atom. The zero-order chi connectivity index (χ0) is 14.1. The second kappa shape index (κ2) is 9.28. The van der Waals surface area contributed by atoms with Crippen LogP contribution in [0.5, 0.6) is 0 Å². The molecule has 112 valence electrons. The van der Waals surface area contributed by atoms with E-state index in [0.29, 0.717) is 24.9 Å². The summed E-state index contributed by atoms with van der Waals surface area (Å²) in [5, 5.41) is 12.3. The highest BCUT2D eigenvalue weighted by molar-refractivity contribution is 5.69. The number of ether oxygens (including phenoxy) is 1. The van der Waals surface area contributed by atoms with Gasteiger partial charge >= 0.3 is 5.97 Å².